The molecule has 0 bridgehead atoms. The van der Waals surface area contributed by atoms with Crippen LogP contribution in [0.25, 0.3) is 16.8 Å². The average molecular weight is 671 g/mol. The normalized spacial score (nSPS) is 17.8. The molecule has 0 atom stereocenters. The molecule has 3 aromatic carbocycles. The van der Waals surface area contributed by atoms with Gasteiger partial charge in [-0.15, -0.1) is 0 Å². The van der Waals surface area contributed by atoms with E-state index in [1.165, 1.54) is 12.0 Å². The first-order valence-electron chi connectivity index (χ1n) is 15.7. The molecule has 0 radical (unpaired) electrons. The molecule has 3 aliphatic rings. The summed E-state index contributed by atoms with van der Waals surface area (Å²) < 4.78 is 28.8. The van der Waals surface area contributed by atoms with Gasteiger partial charge in [0.1, 0.15) is 12.4 Å². The second-order valence-electron chi connectivity index (χ2n) is 11.1. The smallest absolute Gasteiger partial charge is 0.328 e. The van der Waals surface area contributed by atoms with Gasteiger partial charge in [-0.25, -0.2) is 0 Å². The quantitative estimate of drug-likeness (QED) is 0.218. The van der Waals surface area contributed by atoms with E-state index in [-0.39, 0.29) is 30.3 Å². The molecule has 48 heavy (non-hydrogen) atoms. The first-order chi connectivity index (χ1) is 23.6. The van der Waals surface area contributed by atoms with Crippen LogP contribution in [0.1, 0.15) is 5.56 Å². The predicted octanol–water partition coefficient (Wildman–Crippen LogP) is 4.61. The van der Waals surface area contributed by atoms with Crippen LogP contribution in [0.2, 0.25) is 0 Å². The number of ether oxygens (including phenoxy) is 5. The molecule has 1 aromatic heterocycles. The molecule has 0 aliphatic carbocycles. The van der Waals surface area contributed by atoms with Crippen LogP contribution in [0.3, 0.4) is 0 Å². The van der Waals surface area contributed by atoms with Crippen molar-refractivity contribution in [3.63, 3.8) is 0 Å². The SMILES string of the molecule is COc1cc(/C=C2\SC(=O)N(CCOc3cccc4ccccc34)C2=O)ccc1Oc1nc(N2CCOCC2)nc(N2CCOCC2)n1. The third-order valence-electron chi connectivity index (χ3n) is 8.06. The van der Waals surface area contributed by atoms with Crippen LogP contribution >= 0.6 is 11.8 Å². The van der Waals surface area contributed by atoms with Crippen LogP contribution in [0.4, 0.5) is 16.7 Å². The summed E-state index contributed by atoms with van der Waals surface area (Å²) in [5.41, 5.74) is 0.662. The minimum absolute atomic E-state index is 0.130. The highest BCUT2D eigenvalue weighted by Crippen LogP contribution is 2.36. The highest BCUT2D eigenvalue weighted by atomic mass is 32.2. The lowest BCUT2D eigenvalue weighted by Crippen LogP contribution is -2.40. The van der Waals surface area contributed by atoms with Crippen molar-refractivity contribution in [3.8, 4) is 23.3 Å². The van der Waals surface area contributed by atoms with Crippen LogP contribution in [0.15, 0.2) is 65.6 Å². The zero-order chi connectivity index (χ0) is 32.9. The molecule has 0 N–H and O–H groups in total. The van der Waals surface area contributed by atoms with Crippen molar-refractivity contribution in [2.75, 3.05) is 82.7 Å². The highest BCUT2D eigenvalue weighted by molar-refractivity contribution is 8.18. The topological polar surface area (TPSA) is 129 Å². The molecule has 248 valence electrons. The van der Waals surface area contributed by atoms with E-state index < -0.39 is 0 Å². The molecule has 0 saturated carbocycles. The van der Waals surface area contributed by atoms with Crippen molar-refractivity contribution in [2.24, 2.45) is 0 Å². The Hall–Kier alpha value is -4.92. The van der Waals surface area contributed by atoms with E-state index in [0.29, 0.717) is 92.2 Å². The summed E-state index contributed by atoms with van der Waals surface area (Å²) in [5, 5.41) is 1.68. The number of carbonyl (C=O) groups excluding carboxylic acids is 2. The number of methoxy groups -OCH3 is 1. The Bertz CT molecular complexity index is 1800. The summed E-state index contributed by atoms with van der Waals surface area (Å²) in [6.07, 6.45) is 1.67. The van der Waals surface area contributed by atoms with Gasteiger partial charge in [0.25, 0.3) is 11.1 Å². The van der Waals surface area contributed by atoms with E-state index in [9.17, 15) is 9.59 Å². The van der Waals surface area contributed by atoms with Crippen molar-refractivity contribution in [2.45, 2.75) is 0 Å². The number of fused-ring (bicyclic) bond motifs is 1. The highest BCUT2D eigenvalue weighted by Gasteiger charge is 2.35. The molecule has 2 amide bonds. The number of morpholine rings is 2. The van der Waals surface area contributed by atoms with Crippen molar-refractivity contribution in [3.05, 3.63) is 71.1 Å². The van der Waals surface area contributed by atoms with Gasteiger partial charge in [-0.05, 0) is 47.0 Å². The molecule has 14 heteroatoms. The largest absolute Gasteiger partial charge is 0.493 e. The average Bonchev–Trinajstić information content (AvgIpc) is 3.40. The van der Waals surface area contributed by atoms with E-state index in [0.717, 1.165) is 22.5 Å². The number of hydrogen-bond donors (Lipinski definition) is 0. The zero-order valence-corrected chi connectivity index (χ0v) is 27.2. The van der Waals surface area contributed by atoms with Gasteiger partial charge in [-0.3, -0.25) is 14.5 Å². The zero-order valence-electron chi connectivity index (χ0n) is 26.4. The van der Waals surface area contributed by atoms with Gasteiger partial charge in [-0.1, -0.05) is 42.5 Å². The van der Waals surface area contributed by atoms with Crippen molar-refractivity contribution >= 4 is 51.7 Å². The molecule has 3 saturated heterocycles. The lowest BCUT2D eigenvalue weighted by atomic mass is 10.1. The van der Waals surface area contributed by atoms with E-state index in [4.69, 9.17) is 28.7 Å². The maximum Gasteiger partial charge on any atom is 0.328 e. The minimum Gasteiger partial charge on any atom is -0.493 e. The van der Waals surface area contributed by atoms with E-state index in [1.807, 2.05) is 52.3 Å². The van der Waals surface area contributed by atoms with Gasteiger partial charge in [0.2, 0.25) is 11.9 Å². The fraction of sp³-hybridized carbons (Fsp3) is 0.324. The fourth-order valence-corrected chi connectivity index (χ4v) is 6.42. The lowest BCUT2D eigenvalue weighted by Gasteiger charge is -2.30. The Labute approximate surface area is 281 Å². The van der Waals surface area contributed by atoms with Gasteiger partial charge in [0.15, 0.2) is 11.5 Å². The Morgan fingerprint density at radius 2 is 1.50 bits per heavy atom. The minimum atomic E-state index is -0.373. The van der Waals surface area contributed by atoms with Crippen LogP contribution in [0.5, 0.6) is 23.3 Å². The van der Waals surface area contributed by atoms with Gasteiger partial charge < -0.3 is 33.5 Å². The van der Waals surface area contributed by atoms with E-state index in [1.54, 1.807) is 24.3 Å². The van der Waals surface area contributed by atoms with Gasteiger partial charge in [0.05, 0.1) is 45.0 Å². The number of imide groups is 1. The number of hydrogen-bond acceptors (Lipinski definition) is 13. The number of nitrogens with zero attached hydrogens (tertiary/aromatic N) is 6. The number of benzene rings is 3. The fourth-order valence-electron chi connectivity index (χ4n) is 5.56. The van der Waals surface area contributed by atoms with Crippen LogP contribution in [-0.4, -0.2) is 104 Å². The third-order valence-corrected chi connectivity index (χ3v) is 8.97. The van der Waals surface area contributed by atoms with Gasteiger partial charge >= 0.3 is 6.01 Å². The van der Waals surface area contributed by atoms with Crippen molar-refractivity contribution in [1.29, 1.82) is 0 Å². The first kappa shape index (κ1) is 31.7. The molecule has 13 nitrogen and oxygen atoms in total. The number of anilines is 2. The number of amides is 2. The second kappa shape index (κ2) is 14.5. The van der Waals surface area contributed by atoms with Crippen LogP contribution < -0.4 is 24.0 Å². The first-order valence-corrected chi connectivity index (χ1v) is 16.5. The Kier molecular flexibility index (Phi) is 9.54. The molecule has 7 rings (SSSR count). The van der Waals surface area contributed by atoms with E-state index in [2.05, 4.69) is 9.97 Å². The van der Waals surface area contributed by atoms with E-state index >= 15 is 0 Å². The number of aromatic nitrogens is 3. The molecule has 4 aromatic rings. The molecular weight excluding hydrogens is 636 g/mol. The Morgan fingerprint density at radius 3 is 2.21 bits per heavy atom. The molecule has 0 unspecified atom stereocenters. The summed E-state index contributed by atoms with van der Waals surface area (Å²) >= 11 is 0.893. The van der Waals surface area contributed by atoms with Crippen molar-refractivity contribution in [1.82, 2.24) is 19.9 Å². The summed E-state index contributed by atoms with van der Waals surface area (Å²) in [6.45, 7) is 5.29. The molecule has 3 aliphatic heterocycles. The monoisotopic (exact) mass is 670 g/mol. The molecule has 4 heterocycles. The Balaban J connectivity index is 1.05. The second-order valence-corrected chi connectivity index (χ2v) is 12.1. The summed E-state index contributed by atoms with van der Waals surface area (Å²) in [4.78, 5) is 45.6. The molecular formula is C34H34N6O7S. The maximum atomic E-state index is 13.2. The third kappa shape index (κ3) is 7.00. The molecule has 0 spiro atoms. The summed E-state index contributed by atoms with van der Waals surface area (Å²) in [7, 11) is 1.53. The van der Waals surface area contributed by atoms with Gasteiger partial charge in [-0.2, -0.15) is 15.0 Å². The predicted molar refractivity (Wildman–Crippen MR) is 181 cm³/mol. The van der Waals surface area contributed by atoms with Crippen LogP contribution in [0, 0.1) is 0 Å². The number of rotatable bonds is 10. The summed E-state index contributed by atoms with van der Waals surface area (Å²) in [6, 6.07) is 19.1. The maximum absolute atomic E-state index is 13.2. The number of carbonyl (C=O) groups is 2. The summed E-state index contributed by atoms with van der Waals surface area (Å²) in [5.74, 6) is 2.16. The molecule has 3 fully saturated rings. The Morgan fingerprint density at radius 1 is 0.812 bits per heavy atom. The van der Waals surface area contributed by atoms with Crippen LogP contribution in [-0.2, 0) is 14.3 Å². The van der Waals surface area contributed by atoms with Gasteiger partial charge in [0, 0.05) is 31.6 Å². The standard InChI is InChI=1S/C34H34N6O7S/c1-43-28-21-23(22-29-30(41)40(34(42)48-29)15-20-46-26-8-4-6-24-5-2-3-7-25(24)26)9-10-27(28)47-33-36-31(38-11-16-44-17-12-38)35-32(37-33)39-13-18-45-19-14-39/h2-10,21-22H,11-20H2,1H3/b29-22-. The number of thioether (sulfide) groups is 1. The van der Waals surface area contributed by atoms with Crippen molar-refractivity contribution < 1.29 is 33.3 Å². The lowest BCUT2D eigenvalue weighted by molar-refractivity contribution is -0.123.